The van der Waals surface area contributed by atoms with Gasteiger partial charge in [-0.05, 0) is 55.3 Å². The Balaban J connectivity index is 1.97. The van der Waals surface area contributed by atoms with Crippen LogP contribution >= 0.6 is 0 Å². The van der Waals surface area contributed by atoms with E-state index in [-0.39, 0.29) is 0 Å². The third-order valence-electron chi connectivity index (χ3n) is 5.38. The molecule has 5 atom stereocenters. The highest BCUT2D eigenvalue weighted by atomic mass is 14.4. The van der Waals surface area contributed by atoms with Gasteiger partial charge in [0.2, 0.25) is 0 Å². The van der Waals surface area contributed by atoms with E-state index in [0.717, 1.165) is 29.6 Å². The van der Waals surface area contributed by atoms with E-state index >= 15 is 0 Å². The summed E-state index contributed by atoms with van der Waals surface area (Å²) in [4.78, 5) is 0. The third-order valence-corrected chi connectivity index (χ3v) is 5.38. The van der Waals surface area contributed by atoms with Crippen molar-refractivity contribution >= 4 is 0 Å². The smallest absolute Gasteiger partial charge is 0.0360 e. The molecule has 0 saturated heterocycles. The SMILES string of the molecule is CCCC1CCC2CC(C)CCC2C(C)C1. The lowest BCUT2D eigenvalue weighted by Gasteiger charge is -2.37. The van der Waals surface area contributed by atoms with Crippen molar-refractivity contribution in [1.82, 2.24) is 0 Å². The molecular formula is C16H30. The van der Waals surface area contributed by atoms with E-state index in [9.17, 15) is 0 Å². The number of rotatable bonds is 2. The number of hydrogen-bond acceptors (Lipinski definition) is 0. The molecule has 0 heterocycles. The minimum absolute atomic E-state index is 1.01. The Kier molecular flexibility index (Phi) is 4.33. The highest BCUT2D eigenvalue weighted by Crippen LogP contribution is 2.46. The van der Waals surface area contributed by atoms with Crippen LogP contribution in [0.15, 0.2) is 0 Å². The zero-order valence-electron chi connectivity index (χ0n) is 11.5. The van der Waals surface area contributed by atoms with Crippen LogP contribution in [0.3, 0.4) is 0 Å². The first-order valence-electron chi connectivity index (χ1n) is 7.70. The Morgan fingerprint density at radius 2 is 1.75 bits per heavy atom. The Labute approximate surface area is 102 Å². The van der Waals surface area contributed by atoms with Crippen molar-refractivity contribution in [2.45, 2.75) is 72.1 Å². The third kappa shape index (κ3) is 2.81. The first-order chi connectivity index (χ1) is 7.70. The maximum Gasteiger partial charge on any atom is -0.0360 e. The Morgan fingerprint density at radius 1 is 0.938 bits per heavy atom. The van der Waals surface area contributed by atoms with Crippen LogP contribution in [0.2, 0.25) is 0 Å². The molecule has 0 aromatic carbocycles. The molecule has 0 amide bonds. The van der Waals surface area contributed by atoms with E-state index in [1.165, 1.54) is 44.9 Å². The van der Waals surface area contributed by atoms with Crippen LogP contribution < -0.4 is 0 Å². The molecule has 2 aliphatic carbocycles. The Morgan fingerprint density at radius 3 is 2.50 bits per heavy atom. The fourth-order valence-electron chi connectivity index (χ4n) is 4.54. The molecule has 2 aliphatic rings. The van der Waals surface area contributed by atoms with Crippen LogP contribution in [0.25, 0.3) is 0 Å². The zero-order chi connectivity index (χ0) is 11.5. The van der Waals surface area contributed by atoms with E-state index in [4.69, 9.17) is 0 Å². The van der Waals surface area contributed by atoms with Gasteiger partial charge < -0.3 is 0 Å². The van der Waals surface area contributed by atoms with Gasteiger partial charge in [-0.2, -0.15) is 0 Å². The van der Waals surface area contributed by atoms with Crippen molar-refractivity contribution < 1.29 is 0 Å². The van der Waals surface area contributed by atoms with E-state index in [1.54, 1.807) is 6.42 Å². The average molecular weight is 222 g/mol. The molecule has 2 rings (SSSR count). The van der Waals surface area contributed by atoms with Gasteiger partial charge in [-0.1, -0.05) is 46.5 Å². The lowest BCUT2D eigenvalue weighted by atomic mass is 9.69. The zero-order valence-corrected chi connectivity index (χ0v) is 11.5. The van der Waals surface area contributed by atoms with Gasteiger partial charge in [0.15, 0.2) is 0 Å². The molecule has 0 N–H and O–H groups in total. The van der Waals surface area contributed by atoms with E-state index in [1.807, 2.05) is 0 Å². The van der Waals surface area contributed by atoms with Crippen LogP contribution in [0.5, 0.6) is 0 Å². The Hall–Kier alpha value is 0. The second-order valence-electron chi connectivity index (χ2n) is 6.79. The van der Waals surface area contributed by atoms with Crippen LogP contribution in [0.4, 0.5) is 0 Å². The summed E-state index contributed by atoms with van der Waals surface area (Å²) in [6.45, 7) is 7.36. The summed E-state index contributed by atoms with van der Waals surface area (Å²) in [6, 6.07) is 0. The molecule has 0 aromatic rings. The molecule has 0 nitrogen and oxygen atoms in total. The van der Waals surface area contributed by atoms with E-state index in [2.05, 4.69) is 20.8 Å². The maximum absolute atomic E-state index is 2.54. The molecule has 0 aliphatic heterocycles. The summed E-state index contributed by atoms with van der Waals surface area (Å²) in [5.41, 5.74) is 0. The van der Waals surface area contributed by atoms with Crippen molar-refractivity contribution in [1.29, 1.82) is 0 Å². The minimum Gasteiger partial charge on any atom is -0.0654 e. The molecule has 0 bridgehead atoms. The monoisotopic (exact) mass is 222 g/mol. The minimum atomic E-state index is 1.01. The van der Waals surface area contributed by atoms with Crippen LogP contribution in [0.1, 0.15) is 72.1 Å². The summed E-state index contributed by atoms with van der Waals surface area (Å²) < 4.78 is 0. The van der Waals surface area contributed by atoms with Crippen molar-refractivity contribution in [2.24, 2.45) is 29.6 Å². The summed E-state index contributed by atoms with van der Waals surface area (Å²) in [7, 11) is 0. The van der Waals surface area contributed by atoms with Gasteiger partial charge in [0, 0.05) is 0 Å². The summed E-state index contributed by atoms with van der Waals surface area (Å²) in [5.74, 6) is 5.24. The largest absolute Gasteiger partial charge is 0.0654 e. The molecule has 94 valence electrons. The quantitative estimate of drug-likeness (QED) is 0.596. The lowest BCUT2D eigenvalue weighted by molar-refractivity contribution is 0.138. The predicted octanol–water partition coefficient (Wildman–Crippen LogP) is 5.28. The number of fused-ring (bicyclic) bond motifs is 1. The first-order valence-corrected chi connectivity index (χ1v) is 7.70. The van der Waals surface area contributed by atoms with E-state index < -0.39 is 0 Å². The summed E-state index contributed by atoms with van der Waals surface area (Å²) in [6.07, 6.45) is 12.1. The Bertz CT molecular complexity index is 208. The van der Waals surface area contributed by atoms with Crippen molar-refractivity contribution in [3.8, 4) is 0 Å². The molecule has 5 unspecified atom stereocenters. The second-order valence-corrected chi connectivity index (χ2v) is 6.79. The van der Waals surface area contributed by atoms with E-state index in [0.29, 0.717) is 0 Å². The van der Waals surface area contributed by atoms with Crippen LogP contribution in [-0.4, -0.2) is 0 Å². The molecule has 0 spiro atoms. The highest BCUT2D eigenvalue weighted by Gasteiger charge is 2.35. The number of hydrogen-bond donors (Lipinski definition) is 0. The van der Waals surface area contributed by atoms with Gasteiger partial charge in [0.25, 0.3) is 0 Å². The van der Waals surface area contributed by atoms with Gasteiger partial charge in [0.1, 0.15) is 0 Å². The highest BCUT2D eigenvalue weighted by molar-refractivity contribution is 4.86. The molecule has 16 heavy (non-hydrogen) atoms. The predicted molar refractivity (Wildman–Crippen MR) is 71.4 cm³/mol. The van der Waals surface area contributed by atoms with Crippen LogP contribution in [-0.2, 0) is 0 Å². The molecule has 2 fully saturated rings. The molecule has 2 saturated carbocycles. The molecular weight excluding hydrogens is 192 g/mol. The van der Waals surface area contributed by atoms with Gasteiger partial charge in [-0.15, -0.1) is 0 Å². The van der Waals surface area contributed by atoms with Crippen molar-refractivity contribution in [2.75, 3.05) is 0 Å². The normalized spacial score (nSPS) is 44.8. The van der Waals surface area contributed by atoms with Gasteiger partial charge in [-0.3, -0.25) is 0 Å². The van der Waals surface area contributed by atoms with Crippen molar-refractivity contribution in [3.05, 3.63) is 0 Å². The fraction of sp³-hybridized carbons (Fsp3) is 1.00. The van der Waals surface area contributed by atoms with Crippen LogP contribution in [0, 0.1) is 29.6 Å². The summed E-state index contributed by atoms with van der Waals surface area (Å²) in [5, 5.41) is 0. The lowest BCUT2D eigenvalue weighted by Crippen LogP contribution is -2.27. The standard InChI is InChI=1S/C16H30/c1-4-5-14-7-8-15-10-12(2)6-9-16(15)13(3)11-14/h12-16H,4-11H2,1-3H3. The first kappa shape index (κ1) is 12.5. The topological polar surface area (TPSA) is 0 Å². The second kappa shape index (κ2) is 5.56. The molecule has 0 aromatic heterocycles. The maximum atomic E-state index is 2.54. The van der Waals surface area contributed by atoms with Gasteiger partial charge in [0.05, 0.1) is 0 Å². The summed E-state index contributed by atoms with van der Waals surface area (Å²) >= 11 is 0. The van der Waals surface area contributed by atoms with Gasteiger partial charge >= 0.3 is 0 Å². The molecule has 0 heteroatoms. The van der Waals surface area contributed by atoms with Gasteiger partial charge in [-0.25, -0.2) is 0 Å². The molecule has 0 radical (unpaired) electrons. The fourth-order valence-corrected chi connectivity index (χ4v) is 4.54. The van der Waals surface area contributed by atoms with Crippen molar-refractivity contribution in [3.63, 3.8) is 0 Å². The average Bonchev–Trinajstić information content (AvgIpc) is 2.39.